The molecule has 0 aromatic heterocycles. The van der Waals surface area contributed by atoms with Gasteiger partial charge in [-0.15, -0.1) is 0 Å². The highest BCUT2D eigenvalue weighted by Gasteiger charge is 2.04. The minimum Gasteiger partial charge on any atom is -0.309 e. The molecule has 0 aliphatic rings. The van der Waals surface area contributed by atoms with Crippen LogP contribution in [0.25, 0.3) is 0 Å². The standard InChI is InChI=1S/C12H23N/c1-11(8-10-13(5)6)7-9-12(2,3)4/h11H,8,10H2,1-6H3. The van der Waals surface area contributed by atoms with E-state index in [2.05, 4.69) is 58.5 Å². The maximum Gasteiger partial charge on any atom is 0.0230 e. The SMILES string of the molecule is CC(C#CC(C)(C)C)CCN(C)C. The molecule has 1 atom stereocenters. The largest absolute Gasteiger partial charge is 0.309 e. The quantitative estimate of drug-likeness (QED) is 0.605. The second kappa shape index (κ2) is 5.29. The fourth-order valence-electron chi connectivity index (χ4n) is 0.864. The first kappa shape index (κ1) is 12.5. The monoisotopic (exact) mass is 181 g/mol. The Labute approximate surface area is 83.5 Å². The van der Waals surface area contributed by atoms with Gasteiger partial charge >= 0.3 is 0 Å². The minimum absolute atomic E-state index is 0.145. The molecule has 0 spiro atoms. The molecule has 13 heavy (non-hydrogen) atoms. The lowest BCUT2D eigenvalue weighted by molar-refractivity contribution is 0.382. The number of hydrogen-bond donors (Lipinski definition) is 0. The molecule has 0 fully saturated rings. The van der Waals surface area contributed by atoms with Crippen LogP contribution >= 0.6 is 0 Å². The number of hydrogen-bond acceptors (Lipinski definition) is 1. The summed E-state index contributed by atoms with van der Waals surface area (Å²) in [5.74, 6) is 7.09. The van der Waals surface area contributed by atoms with Gasteiger partial charge in [0.25, 0.3) is 0 Å². The molecule has 0 bridgehead atoms. The lowest BCUT2D eigenvalue weighted by Crippen LogP contribution is -2.15. The highest BCUT2D eigenvalue weighted by molar-refractivity contribution is 5.09. The molecule has 0 aromatic carbocycles. The molecule has 0 N–H and O–H groups in total. The van der Waals surface area contributed by atoms with E-state index in [0.717, 1.165) is 13.0 Å². The van der Waals surface area contributed by atoms with Gasteiger partial charge in [-0.1, -0.05) is 18.8 Å². The van der Waals surface area contributed by atoms with Crippen LogP contribution in [0.1, 0.15) is 34.1 Å². The summed E-state index contributed by atoms with van der Waals surface area (Å²) in [5, 5.41) is 0. The van der Waals surface area contributed by atoms with Crippen molar-refractivity contribution in [3.8, 4) is 11.8 Å². The van der Waals surface area contributed by atoms with Crippen LogP contribution in [-0.4, -0.2) is 25.5 Å². The van der Waals surface area contributed by atoms with E-state index in [9.17, 15) is 0 Å². The Morgan fingerprint density at radius 3 is 2.15 bits per heavy atom. The number of nitrogens with zero attached hydrogens (tertiary/aromatic N) is 1. The van der Waals surface area contributed by atoms with Gasteiger partial charge in [-0.3, -0.25) is 0 Å². The highest BCUT2D eigenvalue weighted by Crippen LogP contribution is 2.11. The first-order valence-electron chi connectivity index (χ1n) is 4.98. The minimum atomic E-state index is 0.145. The van der Waals surface area contributed by atoms with Crippen LogP contribution in [0.5, 0.6) is 0 Å². The number of rotatable bonds is 3. The second-order valence-corrected chi connectivity index (χ2v) is 5.01. The summed E-state index contributed by atoms with van der Waals surface area (Å²) in [6.07, 6.45) is 1.16. The highest BCUT2D eigenvalue weighted by atomic mass is 15.0. The molecule has 1 unspecified atom stereocenters. The average Bonchev–Trinajstić information content (AvgIpc) is 1.95. The summed E-state index contributed by atoms with van der Waals surface area (Å²) < 4.78 is 0. The lowest BCUT2D eigenvalue weighted by Gasteiger charge is -2.12. The van der Waals surface area contributed by atoms with Crippen molar-refractivity contribution >= 4 is 0 Å². The molecule has 0 amide bonds. The summed E-state index contributed by atoms with van der Waals surface area (Å²) in [6.45, 7) is 9.78. The first-order valence-corrected chi connectivity index (χ1v) is 4.98. The van der Waals surface area contributed by atoms with Gasteiger partial charge < -0.3 is 4.90 Å². The zero-order valence-electron chi connectivity index (χ0n) is 9.94. The molecule has 0 rings (SSSR count). The molecule has 0 aliphatic carbocycles. The van der Waals surface area contributed by atoms with Crippen molar-refractivity contribution in [3.63, 3.8) is 0 Å². The molecule has 76 valence electrons. The summed E-state index contributed by atoms with van der Waals surface area (Å²) in [7, 11) is 4.20. The van der Waals surface area contributed by atoms with Gasteiger partial charge in [-0.2, -0.15) is 0 Å². The average molecular weight is 181 g/mol. The maximum atomic E-state index is 3.30. The van der Waals surface area contributed by atoms with Crippen molar-refractivity contribution in [2.24, 2.45) is 11.3 Å². The first-order chi connectivity index (χ1) is 5.81. The zero-order valence-corrected chi connectivity index (χ0v) is 9.94. The lowest BCUT2D eigenvalue weighted by atomic mass is 9.96. The van der Waals surface area contributed by atoms with Crippen molar-refractivity contribution in [2.45, 2.75) is 34.1 Å². The smallest absolute Gasteiger partial charge is 0.0230 e. The topological polar surface area (TPSA) is 3.24 Å². The third-order valence-corrected chi connectivity index (χ3v) is 1.70. The van der Waals surface area contributed by atoms with Gasteiger partial charge in [0.05, 0.1) is 0 Å². The van der Waals surface area contributed by atoms with Crippen LogP contribution in [0.15, 0.2) is 0 Å². The Morgan fingerprint density at radius 2 is 1.77 bits per heavy atom. The van der Waals surface area contributed by atoms with Crippen molar-refractivity contribution in [1.29, 1.82) is 0 Å². The fraction of sp³-hybridized carbons (Fsp3) is 0.833. The predicted octanol–water partition coefficient (Wildman–Crippen LogP) is 2.62. The Balaban J connectivity index is 3.84. The van der Waals surface area contributed by atoms with Crippen LogP contribution in [0, 0.1) is 23.2 Å². The molecular weight excluding hydrogens is 158 g/mol. The van der Waals surface area contributed by atoms with Crippen LogP contribution in [0.4, 0.5) is 0 Å². The summed E-state index contributed by atoms with van der Waals surface area (Å²) in [5.41, 5.74) is 0.145. The van der Waals surface area contributed by atoms with E-state index < -0.39 is 0 Å². The van der Waals surface area contributed by atoms with E-state index in [1.165, 1.54) is 0 Å². The maximum absolute atomic E-state index is 3.30. The molecule has 0 aromatic rings. The molecule has 0 saturated heterocycles. The van der Waals surface area contributed by atoms with Crippen LogP contribution < -0.4 is 0 Å². The molecule has 0 aliphatic heterocycles. The summed E-state index contributed by atoms with van der Waals surface area (Å²) >= 11 is 0. The van der Waals surface area contributed by atoms with E-state index in [4.69, 9.17) is 0 Å². The third-order valence-electron chi connectivity index (χ3n) is 1.70. The summed E-state index contributed by atoms with van der Waals surface area (Å²) in [6, 6.07) is 0. The van der Waals surface area contributed by atoms with Gasteiger partial charge in [-0.25, -0.2) is 0 Å². The van der Waals surface area contributed by atoms with Crippen molar-refractivity contribution in [3.05, 3.63) is 0 Å². The molecular formula is C12H23N. The second-order valence-electron chi connectivity index (χ2n) is 5.01. The molecule has 0 saturated carbocycles. The van der Waals surface area contributed by atoms with Crippen LogP contribution in [0.3, 0.4) is 0 Å². The summed E-state index contributed by atoms with van der Waals surface area (Å²) in [4.78, 5) is 2.20. The molecule has 1 heteroatoms. The van der Waals surface area contributed by atoms with E-state index in [1.807, 2.05) is 0 Å². The molecule has 0 heterocycles. The van der Waals surface area contributed by atoms with Gasteiger partial charge in [0.15, 0.2) is 0 Å². The fourth-order valence-corrected chi connectivity index (χ4v) is 0.864. The van der Waals surface area contributed by atoms with Crippen LogP contribution in [0.2, 0.25) is 0 Å². The van der Waals surface area contributed by atoms with E-state index in [-0.39, 0.29) is 5.41 Å². The van der Waals surface area contributed by atoms with Gasteiger partial charge in [0.2, 0.25) is 0 Å². The van der Waals surface area contributed by atoms with Gasteiger partial charge in [0, 0.05) is 11.3 Å². The van der Waals surface area contributed by atoms with Crippen LogP contribution in [-0.2, 0) is 0 Å². The Bertz CT molecular complexity index is 187. The third kappa shape index (κ3) is 9.43. The normalized spacial score (nSPS) is 13.8. The van der Waals surface area contributed by atoms with Crippen molar-refractivity contribution in [2.75, 3.05) is 20.6 Å². The Kier molecular flexibility index (Phi) is 5.10. The predicted molar refractivity (Wildman–Crippen MR) is 59.6 cm³/mol. The van der Waals surface area contributed by atoms with E-state index in [0.29, 0.717) is 5.92 Å². The molecule has 0 radical (unpaired) electrons. The van der Waals surface area contributed by atoms with E-state index >= 15 is 0 Å². The Morgan fingerprint density at radius 1 is 1.23 bits per heavy atom. The zero-order chi connectivity index (χ0) is 10.5. The molecule has 1 nitrogen and oxygen atoms in total. The van der Waals surface area contributed by atoms with Crippen molar-refractivity contribution in [1.82, 2.24) is 4.90 Å². The Hall–Kier alpha value is -0.480. The van der Waals surface area contributed by atoms with E-state index in [1.54, 1.807) is 0 Å². The van der Waals surface area contributed by atoms with Crippen molar-refractivity contribution < 1.29 is 0 Å². The van der Waals surface area contributed by atoms with Gasteiger partial charge in [0.1, 0.15) is 0 Å². The van der Waals surface area contributed by atoms with Gasteiger partial charge in [-0.05, 0) is 47.8 Å².